The van der Waals surface area contributed by atoms with Crippen molar-refractivity contribution in [2.75, 3.05) is 13.2 Å². The monoisotopic (exact) mass is 415 g/mol. The summed E-state index contributed by atoms with van der Waals surface area (Å²) < 4.78 is 11.6. The minimum Gasteiger partial charge on any atom is -0.492 e. The predicted molar refractivity (Wildman–Crippen MR) is 111 cm³/mol. The van der Waals surface area contributed by atoms with Gasteiger partial charge in [0.15, 0.2) is 0 Å². The largest absolute Gasteiger partial charge is 0.492 e. The van der Waals surface area contributed by atoms with Gasteiger partial charge in [-0.25, -0.2) is 4.79 Å². The van der Waals surface area contributed by atoms with Crippen molar-refractivity contribution >= 4 is 12.0 Å². The minimum atomic E-state index is -1.03. The molecule has 162 valence electrons. The summed E-state index contributed by atoms with van der Waals surface area (Å²) >= 11 is 0. The molecule has 1 aromatic rings. The van der Waals surface area contributed by atoms with Crippen molar-refractivity contribution in [3.63, 3.8) is 0 Å². The number of hydrogen-bond donors (Lipinski definition) is 3. The van der Waals surface area contributed by atoms with E-state index >= 15 is 0 Å². The van der Waals surface area contributed by atoms with Crippen molar-refractivity contribution in [3.05, 3.63) is 50.8 Å². The SMILES string of the molecule is Cc1c2c(oc(=O)c1CC(=O)NCC(O)CO)C=C[C@@H]1C(C3CCCCC3)=COC21. The molecule has 2 heterocycles. The molecule has 7 nitrogen and oxygen atoms in total. The lowest BCUT2D eigenvalue weighted by atomic mass is 9.75. The highest BCUT2D eigenvalue weighted by atomic mass is 16.5. The van der Waals surface area contributed by atoms with Crippen LogP contribution in [0.3, 0.4) is 0 Å². The van der Waals surface area contributed by atoms with Gasteiger partial charge in [0.1, 0.15) is 11.9 Å². The van der Waals surface area contributed by atoms with Crippen molar-refractivity contribution in [2.24, 2.45) is 11.8 Å². The van der Waals surface area contributed by atoms with Crippen LogP contribution in [0.1, 0.15) is 60.7 Å². The number of amides is 1. The maximum absolute atomic E-state index is 12.5. The summed E-state index contributed by atoms with van der Waals surface area (Å²) in [6.45, 7) is 1.32. The number of carbonyl (C=O) groups is 1. The van der Waals surface area contributed by atoms with Crippen molar-refractivity contribution < 1.29 is 24.2 Å². The van der Waals surface area contributed by atoms with Gasteiger partial charge in [0.05, 0.1) is 31.0 Å². The molecule has 4 rings (SSSR count). The van der Waals surface area contributed by atoms with Crippen LogP contribution in [0.2, 0.25) is 0 Å². The second kappa shape index (κ2) is 8.78. The molecule has 1 saturated carbocycles. The second-order valence-corrected chi connectivity index (χ2v) is 8.48. The number of fused-ring (bicyclic) bond motifs is 3. The van der Waals surface area contributed by atoms with E-state index in [4.69, 9.17) is 14.3 Å². The van der Waals surface area contributed by atoms with Gasteiger partial charge in [-0.05, 0) is 42.9 Å². The number of carbonyl (C=O) groups excluding carboxylic acids is 1. The highest BCUT2D eigenvalue weighted by molar-refractivity contribution is 5.79. The van der Waals surface area contributed by atoms with Crippen LogP contribution in [0.25, 0.3) is 6.08 Å². The Kier molecular flexibility index (Phi) is 6.11. The minimum absolute atomic E-state index is 0.0735. The lowest BCUT2D eigenvalue weighted by molar-refractivity contribution is -0.121. The summed E-state index contributed by atoms with van der Waals surface area (Å²) in [5.74, 6) is 0.763. The Morgan fingerprint density at radius 1 is 1.30 bits per heavy atom. The van der Waals surface area contributed by atoms with Crippen molar-refractivity contribution in [2.45, 2.75) is 57.7 Å². The van der Waals surface area contributed by atoms with Crippen LogP contribution in [0.4, 0.5) is 0 Å². The maximum Gasteiger partial charge on any atom is 0.340 e. The molecule has 0 bridgehead atoms. The molecule has 0 saturated heterocycles. The van der Waals surface area contributed by atoms with Crippen LogP contribution in [0.15, 0.2) is 27.1 Å². The standard InChI is InChI=1S/C23H29NO6/c1-13-17(9-20(27)24-10-15(26)11-25)23(28)30-19-8-7-16-18(12-29-22(16)21(13)19)14-5-3-2-4-6-14/h7-8,12,14-16,22,25-26H,2-6,9-11H2,1H3,(H,24,27)/t15?,16-,22?/m1/s1. The molecule has 1 fully saturated rings. The number of rotatable bonds is 6. The third-order valence-electron chi connectivity index (χ3n) is 6.53. The van der Waals surface area contributed by atoms with E-state index in [1.54, 1.807) is 0 Å². The van der Waals surface area contributed by atoms with Gasteiger partial charge in [-0.15, -0.1) is 0 Å². The fourth-order valence-corrected chi connectivity index (χ4v) is 4.86. The van der Waals surface area contributed by atoms with Gasteiger partial charge in [0.25, 0.3) is 0 Å². The molecular formula is C23H29NO6. The smallest absolute Gasteiger partial charge is 0.340 e. The third kappa shape index (κ3) is 3.96. The van der Waals surface area contributed by atoms with Gasteiger partial charge in [0, 0.05) is 18.0 Å². The first-order valence-electron chi connectivity index (χ1n) is 10.7. The molecule has 0 aromatic carbocycles. The van der Waals surface area contributed by atoms with Crippen LogP contribution in [0.5, 0.6) is 0 Å². The highest BCUT2D eigenvalue weighted by Gasteiger charge is 2.40. The molecule has 1 aromatic heterocycles. The average Bonchev–Trinajstić information content (AvgIpc) is 3.19. The van der Waals surface area contributed by atoms with E-state index in [9.17, 15) is 14.7 Å². The lowest BCUT2D eigenvalue weighted by Gasteiger charge is -2.29. The lowest BCUT2D eigenvalue weighted by Crippen LogP contribution is -2.36. The van der Waals surface area contributed by atoms with Crippen LogP contribution in [0, 0.1) is 18.8 Å². The first-order valence-corrected chi connectivity index (χ1v) is 10.7. The summed E-state index contributed by atoms with van der Waals surface area (Å²) in [5, 5.41) is 20.8. The zero-order valence-corrected chi connectivity index (χ0v) is 17.2. The van der Waals surface area contributed by atoms with Gasteiger partial charge in [-0.3, -0.25) is 4.79 Å². The molecule has 2 unspecified atom stereocenters. The predicted octanol–water partition coefficient (Wildman–Crippen LogP) is 2.14. The fourth-order valence-electron chi connectivity index (χ4n) is 4.86. The van der Waals surface area contributed by atoms with Gasteiger partial charge in [0.2, 0.25) is 5.91 Å². The summed E-state index contributed by atoms with van der Waals surface area (Å²) in [6, 6.07) is 0. The molecule has 7 heteroatoms. The van der Waals surface area contributed by atoms with Gasteiger partial charge in [-0.2, -0.15) is 0 Å². The summed E-state index contributed by atoms with van der Waals surface area (Å²) in [6.07, 6.45) is 10.6. The number of aliphatic hydroxyl groups is 2. The summed E-state index contributed by atoms with van der Waals surface area (Å²) in [7, 11) is 0. The summed E-state index contributed by atoms with van der Waals surface area (Å²) in [4.78, 5) is 24.8. The maximum atomic E-state index is 12.5. The van der Waals surface area contributed by atoms with Gasteiger partial charge < -0.3 is 24.7 Å². The third-order valence-corrected chi connectivity index (χ3v) is 6.53. The van der Waals surface area contributed by atoms with Crippen molar-refractivity contribution in [3.8, 4) is 0 Å². The Balaban J connectivity index is 1.56. The van der Waals surface area contributed by atoms with E-state index in [2.05, 4.69) is 11.4 Å². The molecule has 1 amide bonds. The Hall–Kier alpha value is -2.38. The quantitative estimate of drug-likeness (QED) is 0.657. The van der Waals surface area contributed by atoms with E-state index in [1.165, 1.54) is 37.7 Å². The van der Waals surface area contributed by atoms with Crippen LogP contribution >= 0.6 is 0 Å². The summed E-state index contributed by atoms with van der Waals surface area (Å²) in [5.41, 5.74) is 2.64. The molecule has 0 radical (unpaired) electrons. The molecular weight excluding hydrogens is 386 g/mol. The van der Waals surface area contributed by atoms with Crippen LogP contribution in [-0.2, 0) is 16.0 Å². The first-order chi connectivity index (χ1) is 14.5. The Morgan fingerprint density at radius 2 is 2.07 bits per heavy atom. The van der Waals surface area contributed by atoms with Crippen molar-refractivity contribution in [1.29, 1.82) is 0 Å². The molecule has 0 spiro atoms. The molecule has 3 N–H and O–H groups in total. The Bertz CT molecular complexity index is 924. The van der Waals surface area contributed by atoms with Crippen LogP contribution in [-0.4, -0.2) is 35.4 Å². The zero-order chi connectivity index (χ0) is 21.3. The number of ether oxygens (including phenoxy) is 1. The topological polar surface area (TPSA) is 109 Å². The van der Waals surface area contributed by atoms with E-state index in [-0.39, 0.29) is 25.0 Å². The Morgan fingerprint density at radius 3 is 2.80 bits per heavy atom. The highest BCUT2D eigenvalue weighted by Crippen LogP contribution is 2.49. The van der Waals surface area contributed by atoms with Gasteiger partial charge >= 0.3 is 5.63 Å². The van der Waals surface area contributed by atoms with Gasteiger partial charge in [-0.1, -0.05) is 25.3 Å². The molecule has 1 aliphatic heterocycles. The molecule has 3 atom stereocenters. The second-order valence-electron chi connectivity index (χ2n) is 8.48. The normalized spacial score (nSPS) is 23.9. The Labute approximate surface area is 175 Å². The van der Waals surface area contributed by atoms with E-state index in [0.717, 1.165) is 11.1 Å². The molecule has 2 aliphatic carbocycles. The average molecular weight is 415 g/mol. The molecule has 3 aliphatic rings. The van der Waals surface area contributed by atoms with Crippen molar-refractivity contribution in [1.82, 2.24) is 5.32 Å². The number of aliphatic hydroxyl groups excluding tert-OH is 2. The van der Waals surface area contributed by atoms with E-state index < -0.39 is 24.2 Å². The first kappa shape index (κ1) is 20.9. The van der Waals surface area contributed by atoms with E-state index in [0.29, 0.717) is 17.2 Å². The number of hydrogen-bond acceptors (Lipinski definition) is 6. The zero-order valence-electron chi connectivity index (χ0n) is 17.2. The number of nitrogens with one attached hydrogen (secondary N) is 1. The van der Waals surface area contributed by atoms with Crippen LogP contribution < -0.4 is 10.9 Å². The van der Waals surface area contributed by atoms with E-state index in [1.807, 2.05) is 19.3 Å². The fraction of sp³-hybridized carbons (Fsp3) is 0.565. The molecule has 30 heavy (non-hydrogen) atoms.